The molecule has 0 bridgehead atoms. The van der Waals surface area contributed by atoms with Gasteiger partial charge in [0.2, 0.25) is 0 Å². The van der Waals surface area contributed by atoms with Crippen LogP contribution in [0.25, 0.3) is 0 Å². The molecule has 1 heterocycles. The van der Waals surface area contributed by atoms with Gasteiger partial charge in [-0.05, 0) is 24.3 Å². The molecule has 3 rings (SSSR count). The standard InChI is InChI=1S/C17H13NO3/c1-2-15-13-10-6-7-11-14(13)18(17(20)21-15)16(19)12-8-4-3-5-9-12/h2-11,15H,1H2. The third-order valence-electron chi connectivity index (χ3n) is 3.33. The molecule has 0 fully saturated rings. The van der Waals surface area contributed by atoms with Crippen molar-refractivity contribution in [1.82, 2.24) is 0 Å². The first-order valence-electron chi connectivity index (χ1n) is 6.54. The molecule has 0 radical (unpaired) electrons. The largest absolute Gasteiger partial charge is 0.436 e. The van der Waals surface area contributed by atoms with Gasteiger partial charge in [0.15, 0.2) is 0 Å². The number of amides is 2. The predicted molar refractivity (Wildman–Crippen MR) is 79.1 cm³/mol. The lowest BCUT2D eigenvalue weighted by Crippen LogP contribution is -2.41. The van der Waals surface area contributed by atoms with E-state index in [1.165, 1.54) is 0 Å². The monoisotopic (exact) mass is 279 g/mol. The summed E-state index contributed by atoms with van der Waals surface area (Å²) in [5.41, 5.74) is 1.71. The van der Waals surface area contributed by atoms with Crippen molar-refractivity contribution < 1.29 is 14.3 Å². The maximum Gasteiger partial charge on any atom is 0.422 e. The molecule has 2 aromatic rings. The van der Waals surface area contributed by atoms with Gasteiger partial charge in [-0.15, -0.1) is 0 Å². The predicted octanol–water partition coefficient (Wildman–Crippen LogP) is 3.71. The zero-order valence-corrected chi connectivity index (χ0v) is 11.2. The van der Waals surface area contributed by atoms with Gasteiger partial charge in [-0.1, -0.05) is 43.0 Å². The molecule has 0 saturated heterocycles. The molecule has 0 N–H and O–H groups in total. The van der Waals surface area contributed by atoms with Gasteiger partial charge in [0.1, 0.15) is 6.10 Å². The van der Waals surface area contributed by atoms with Crippen molar-refractivity contribution in [2.24, 2.45) is 0 Å². The number of ether oxygens (including phenoxy) is 1. The first-order valence-corrected chi connectivity index (χ1v) is 6.54. The molecule has 0 aromatic heterocycles. The fourth-order valence-corrected chi connectivity index (χ4v) is 2.33. The average molecular weight is 279 g/mol. The molecule has 0 aliphatic carbocycles. The minimum atomic E-state index is -0.688. The highest BCUT2D eigenvalue weighted by Crippen LogP contribution is 2.35. The molecule has 1 aliphatic heterocycles. The summed E-state index contributed by atoms with van der Waals surface area (Å²) in [6.45, 7) is 3.67. The highest BCUT2D eigenvalue weighted by molar-refractivity contribution is 6.20. The number of hydrogen-bond acceptors (Lipinski definition) is 3. The fourth-order valence-electron chi connectivity index (χ4n) is 2.33. The number of para-hydroxylation sites is 1. The van der Waals surface area contributed by atoms with Gasteiger partial charge < -0.3 is 4.74 Å². The van der Waals surface area contributed by atoms with Crippen LogP contribution in [0.5, 0.6) is 0 Å². The number of anilines is 1. The molecule has 0 saturated carbocycles. The lowest BCUT2D eigenvalue weighted by molar-refractivity contribution is 0.0916. The van der Waals surface area contributed by atoms with E-state index in [9.17, 15) is 9.59 Å². The molecule has 104 valence electrons. The number of nitrogens with zero attached hydrogens (tertiary/aromatic N) is 1. The Hall–Kier alpha value is -2.88. The molecule has 2 aromatic carbocycles. The van der Waals surface area contributed by atoms with Gasteiger partial charge in [0.25, 0.3) is 5.91 Å². The zero-order chi connectivity index (χ0) is 14.8. The van der Waals surface area contributed by atoms with Crippen molar-refractivity contribution in [2.75, 3.05) is 4.90 Å². The molecule has 21 heavy (non-hydrogen) atoms. The summed E-state index contributed by atoms with van der Waals surface area (Å²) in [5.74, 6) is -0.407. The Morgan fingerprint density at radius 2 is 1.76 bits per heavy atom. The number of fused-ring (bicyclic) bond motifs is 1. The molecule has 0 spiro atoms. The summed E-state index contributed by atoms with van der Waals surface area (Å²) in [5, 5.41) is 0. The average Bonchev–Trinajstić information content (AvgIpc) is 2.54. The van der Waals surface area contributed by atoms with Gasteiger partial charge >= 0.3 is 6.09 Å². The van der Waals surface area contributed by atoms with Crippen LogP contribution in [0.3, 0.4) is 0 Å². The van der Waals surface area contributed by atoms with Gasteiger partial charge in [0.05, 0.1) is 5.69 Å². The Balaban J connectivity index is 2.08. The summed E-state index contributed by atoms with van der Waals surface area (Å²) < 4.78 is 5.27. The number of carbonyl (C=O) groups excluding carboxylic acids is 2. The van der Waals surface area contributed by atoms with Crippen molar-refractivity contribution >= 4 is 17.7 Å². The van der Waals surface area contributed by atoms with E-state index in [0.29, 0.717) is 11.3 Å². The minimum absolute atomic E-state index is 0.407. The second-order valence-corrected chi connectivity index (χ2v) is 4.61. The lowest BCUT2D eigenvalue weighted by Gasteiger charge is -2.31. The molecular formula is C17H13NO3. The number of carbonyl (C=O) groups is 2. The van der Waals surface area contributed by atoms with Gasteiger partial charge in [-0.25, -0.2) is 9.69 Å². The fraction of sp³-hybridized carbons (Fsp3) is 0.0588. The van der Waals surface area contributed by atoms with E-state index in [0.717, 1.165) is 10.5 Å². The Labute approximate surface area is 122 Å². The SMILES string of the molecule is C=CC1OC(=O)N(C(=O)c2ccccc2)c2ccccc21. The molecule has 4 nitrogen and oxygen atoms in total. The smallest absolute Gasteiger partial charge is 0.422 e. The van der Waals surface area contributed by atoms with Crippen LogP contribution < -0.4 is 4.90 Å². The zero-order valence-electron chi connectivity index (χ0n) is 11.2. The van der Waals surface area contributed by atoms with Crippen molar-refractivity contribution in [2.45, 2.75) is 6.10 Å². The van der Waals surface area contributed by atoms with E-state index in [1.54, 1.807) is 42.5 Å². The topological polar surface area (TPSA) is 46.6 Å². The third kappa shape index (κ3) is 2.21. The summed E-state index contributed by atoms with van der Waals surface area (Å²) in [7, 11) is 0. The first-order chi connectivity index (χ1) is 10.2. The second-order valence-electron chi connectivity index (χ2n) is 4.61. The molecule has 1 unspecified atom stereocenters. The Morgan fingerprint density at radius 3 is 2.48 bits per heavy atom. The first kappa shape index (κ1) is 13.1. The van der Waals surface area contributed by atoms with Crippen molar-refractivity contribution in [3.8, 4) is 0 Å². The Bertz CT molecular complexity index is 709. The van der Waals surface area contributed by atoms with Crippen LogP contribution in [0.1, 0.15) is 22.0 Å². The molecule has 1 atom stereocenters. The van der Waals surface area contributed by atoms with Crippen molar-refractivity contribution in [1.29, 1.82) is 0 Å². The Morgan fingerprint density at radius 1 is 1.10 bits per heavy atom. The van der Waals surface area contributed by atoms with Crippen LogP contribution in [0.15, 0.2) is 67.3 Å². The number of imide groups is 1. The number of benzene rings is 2. The molecule has 1 aliphatic rings. The van der Waals surface area contributed by atoms with Crippen molar-refractivity contribution in [3.05, 3.63) is 78.4 Å². The molecule has 4 heteroatoms. The van der Waals surface area contributed by atoms with E-state index >= 15 is 0 Å². The van der Waals surface area contributed by atoms with E-state index < -0.39 is 18.1 Å². The number of hydrogen-bond donors (Lipinski definition) is 0. The third-order valence-corrected chi connectivity index (χ3v) is 3.33. The number of rotatable bonds is 2. The Kier molecular flexibility index (Phi) is 3.28. The molecule has 2 amide bonds. The summed E-state index contributed by atoms with van der Waals surface area (Å²) in [4.78, 5) is 25.8. The highest BCUT2D eigenvalue weighted by atomic mass is 16.6. The second kappa shape index (κ2) is 5.25. The highest BCUT2D eigenvalue weighted by Gasteiger charge is 2.35. The minimum Gasteiger partial charge on any atom is -0.436 e. The van der Waals surface area contributed by atoms with Gasteiger partial charge in [0, 0.05) is 11.1 Å². The lowest BCUT2D eigenvalue weighted by atomic mass is 10.0. The number of cyclic esters (lactones) is 1. The normalized spacial score (nSPS) is 16.9. The summed E-state index contributed by atoms with van der Waals surface area (Å²) >= 11 is 0. The summed E-state index contributed by atoms with van der Waals surface area (Å²) in [6, 6.07) is 15.8. The van der Waals surface area contributed by atoms with Crippen LogP contribution in [-0.4, -0.2) is 12.0 Å². The quantitative estimate of drug-likeness (QED) is 0.787. The maximum absolute atomic E-state index is 12.6. The van der Waals surface area contributed by atoms with E-state index in [2.05, 4.69) is 6.58 Å². The van der Waals surface area contributed by atoms with Crippen LogP contribution >= 0.6 is 0 Å². The van der Waals surface area contributed by atoms with E-state index in [1.807, 2.05) is 18.2 Å². The van der Waals surface area contributed by atoms with Gasteiger partial charge in [-0.3, -0.25) is 4.79 Å². The van der Waals surface area contributed by atoms with Crippen molar-refractivity contribution in [3.63, 3.8) is 0 Å². The van der Waals surface area contributed by atoms with E-state index in [4.69, 9.17) is 4.74 Å². The maximum atomic E-state index is 12.6. The van der Waals surface area contributed by atoms with Crippen LogP contribution in [0.4, 0.5) is 10.5 Å². The molecular weight excluding hydrogens is 266 g/mol. The van der Waals surface area contributed by atoms with Gasteiger partial charge in [-0.2, -0.15) is 0 Å². The van der Waals surface area contributed by atoms with E-state index in [-0.39, 0.29) is 0 Å². The van der Waals surface area contributed by atoms with Crippen LogP contribution in [-0.2, 0) is 4.74 Å². The van der Waals surface area contributed by atoms with Crippen LogP contribution in [0, 0.1) is 0 Å². The summed E-state index contributed by atoms with van der Waals surface area (Å²) in [6.07, 6.45) is 0.321. The van der Waals surface area contributed by atoms with Crippen LogP contribution in [0.2, 0.25) is 0 Å².